The van der Waals surface area contributed by atoms with Gasteiger partial charge in [-0.25, -0.2) is 4.98 Å². The first-order valence-corrected chi connectivity index (χ1v) is 6.95. The highest BCUT2D eigenvalue weighted by atomic mass is 32.1. The lowest BCUT2D eigenvalue weighted by Crippen LogP contribution is -2.18. The third kappa shape index (κ3) is 3.12. The van der Waals surface area contributed by atoms with Crippen molar-refractivity contribution >= 4 is 22.9 Å². The van der Waals surface area contributed by atoms with Crippen LogP contribution in [0.15, 0.2) is 23.7 Å². The molecule has 2 aromatic rings. The van der Waals surface area contributed by atoms with E-state index in [0.717, 1.165) is 23.5 Å². The van der Waals surface area contributed by atoms with E-state index in [9.17, 15) is 4.79 Å². The molecule has 2 N–H and O–H groups in total. The lowest BCUT2D eigenvalue weighted by molar-refractivity contribution is 0.0963. The van der Waals surface area contributed by atoms with Crippen molar-refractivity contribution in [3.63, 3.8) is 0 Å². The largest absolute Gasteiger partial charge is 0.380 e. The van der Waals surface area contributed by atoms with Crippen molar-refractivity contribution in [2.75, 3.05) is 12.4 Å². The van der Waals surface area contributed by atoms with E-state index in [1.165, 1.54) is 4.88 Å². The molecule has 0 aliphatic heterocycles. The normalized spacial score (nSPS) is 10.3. The fourth-order valence-electron chi connectivity index (χ4n) is 1.77. The summed E-state index contributed by atoms with van der Waals surface area (Å²) < 4.78 is 0. The topological polar surface area (TPSA) is 54.0 Å². The van der Waals surface area contributed by atoms with Crippen LogP contribution in [-0.2, 0) is 6.54 Å². The second-order valence-electron chi connectivity index (χ2n) is 4.32. The van der Waals surface area contributed by atoms with E-state index in [1.807, 2.05) is 37.6 Å². The average molecular weight is 275 g/mol. The van der Waals surface area contributed by atoms with Crippen molar-refractivity contribution in [2.24, 2.45) is 0 Å². The van der Waals surface area contributed by atoms with E-state index >= 15 is 0 Å². The molecule has 1 aromatic heterocycles. The predicted molar refractivity (Wildman–Crippen MR) is 78.7 cm³/mol. The Morgan fingerprint density at radius 3 is 2.79 bits per heavy atom. The number of hydrogen-bond acceptors (Lipinski definition) is 4. The van der Waals surface area contributed by atoms with Crippen LogP contribution in [0, 0.1) is 13.8 Å². The number of nitrogens with zero attached hydrogens (tertiary/aromatic N) is 1. The van der Waals surface area contributed by atoms with Gasteiger partial charge in [0.15, 0.2) is 0 Å². The number of rotatable bonds is 4. The van der Waals surface area contributed by atoms with Crippen molar-refractivity contribution in [3.8, 4) is 0 Å². The summed E-state index contributed by atoms with van der Waals surface area (Å²) in [5, 5.41) is 6.00. The maximum atomic E-state index is 11.6. The lowest BCUT2D eigenvalue weighted by atomic mass is 10.1. The second kappa shape index (κ2) is 5.84. The number of benzene rings is 1. The van der Waals surface area contributed by atoms with Gasteiger partial charge in [-0.2, -0.15) is 0 Å². The molecule has 0 aliphatic carbocycles. The minimum absolute atomic E-state index is 0.0722. The molecule has 0 saturated carbocycles. The Hall–Kier alpha value is -1.88. The SMILES string of the molecule is CNC(=O)c1ccc(C)c(NCc2scnc2C)c1. The molecule has 0 unspecified atom stereocenters. The molecule has 0 atom stereocenters. The molecular formula is C14H17N3OS. The highest BCUT2D eigenvalue weighted by Gasteiger charge is 2.07. The van der Waals surface area contributed by atoms with E-state index in [2.05, 4.69) is 15.6 Å². The number of amides is 1. The van der Waals surface area contributed by atoms with Crippen molar-refractivity contribution < 1.29 is 4.79 Å². The Morgan fingerprint density at radius 1 is 1.37 bits per heavy atom. The van der Waals surface area contributed by atoms with Gasteiger partial charge >= 0.3 is 0 Å². The van der Waals surface area contributed by atoms with Crippen LogP contribution in [0.25, 0.3) is 0 Å². The van der Waals surface area contributed by atoms with Crippen molar-refractivity contribution in [1.29, 1.82) is 0 Å². The number of hydrogen-bond donors (Lipinski definition) is 2. The zero-order chi connectivity index (χ0) is 13.8. The van der Waals surface area contributed by atoms with E-state index < -0.39 is 0 Å². The fourth-order valence-corrected chi connectivity index (χ4v) is 2.49. The van der Waals surface area contributed by atoms with Gasteiger partial charge in [0, 0.05) is 23.2 Å². The molecule has 2 rings (SSSR count). The Bertz CT molecular complexity index is 592. The summed E-state index contributed by atoms with van der Waals surface area (Å²) >= 11 is 1.64. The smallest absolute Gasteiger partial charge is 0.251 e. The molecule has 0 saturated heterocycles. The van der Waals surface area contributed by atoms with Crippen molar-refractivity contribution in [3.05, 3.63) is 45.4 Å². The lowest BCUT2D eigenvalue weighted by Gasteiger charge is -2.10. The summed E-state index contributed by atoms with van der Waals surface area (Å²) in [6, 6.07) is 5.66. The van der Waals surface area contributed by atoms with Crippen molar-refractivity contribution in [1.82, 2.24) is 10.3 Å². The molecule has 0 aliphatic rings. The number of thiazole rings is 1. The highest BCUT2D eigenvalue weighted by Crippen LogP contribution is 2.20. The minimum atomic E-state index is -0.0722. The molecule has 0 radical (unpaired) electrons. The van der Waals surface area contributed by atoms with Crippen LogP contribution in [0.2, 0.25) is 0 Å². The summed E-state index contributed by atoms with van der Waals surface area (Å²) in [5.41, 5.74) is 5.66. The van der Waals surface area contributed by atoms with Crippen LogP contribution in [0.5, 0.6) is 0 Å². The zero-order valence-corrected chi connectivity index (χ0v) is 12.1. The van der Waals surface area contributed by atoms with Crippen LogP contribution in [0.3, 0.4) is 0 Å². The molecular weight excluding hydrogens is 258 g/mol. The highest BCUT2D eigenvalue weighted by molar-refractivity contribution is 7.09. The number of aryl methyl sites for hydroxylation is 2. The number of aromatic nitrogens is 1. The van der Waals surface area contributed by atoms with E-state index in [-0.39, 0.29) is 5.91 Å². The molecule has 4 nitrogen and oxygen atoms in total. The molecule has 1 aromatic carbocycles. The Morgan fingerprint density at radius 2 is 2.16 bits per heavy atom. The monoisotopic (exact) mass is 275 g/mol. The maximum absolute atomic E-state index is 11.6. The van der Waals surface area contributed by atoms with Crippen LogP contribution in [-0.4, -0.2) is 17.9 Å². The molecule has 5 heteroatoms. The summed E-state index contributed by atoms with van der Waals surface area (Å²) in [5.74, 6) is -0.0722. The van der Waals surface area contributed by atoms with E-state index in [4.69, 9.17) is 0 Å². The average Bonchev–Trinajstić information content (AvgIpc) is 2.82. The number of carbonyl (C=O) groups is 1. The Kier molecular flexibility index (Phi) is 4.16. The first kappa shape index (κ1) is 13.5. The first-order valence-electron chi connectivity index (χ1n) is 6.07. The van der Waals surface area contributed by atoms with Gasteiger partial charge in [0.05, 0.1) is 17.7 Å². The molecule has 0 fully saturated rings. The van der Waals surface area contributed by atoms with Gasteiger partial charge in [-0.05, 0) is 31.5 Å². The van der Waals surface area contributed by atoms with Gasteiger partial charge in [-0.1, -0.05) is 6.07 Å². The molecule has 1 amide bonds. The van der Waals surface area contributed by atoms with Gasteiger partial charge in [0.2, 0.25) is 0 Å². The van der Waals surface area contributed by atoms with E-state index in [1.54, 1.807) is 18.4 Å². The second-order valence-corrected chi connectivity index (χ2v) is 5.26. The number of carbonyl (C=O) groups excluding carboxylic acids is 1. The minimum Gasteiger partial charge on any atom is -0.380 e. The van der Waals surface area contributed by atoms with Crippen LogP contribution >= 0.6 is 11.3 Å². The van der Waals surface area contributed by atoms with Crippen molar-refractivity contribution in [2.45, 2.75) is 20.4 Å². The molecule has 100 valence electrons. The van der Waals surface area contributed by atoms with Gasteiger partial charge in [0.25, 0.3) is 5.91 Å². The van der Waals surface area contributed by atoms with Gasteiger partial charge < -0.3 is 10.6 Å². The van der Waals surface area contributed by atoms with Crippen LogP contribution in [0.4, 0.5) is 5.69 Å². The number of anilines is 1. The first-order chi connectivity index (χ1) is 9.11. The fraction of sp³-hybridized carbons (Fsp3) is 0.286. The predicted octanol–water partition coefficient (Wildman–Crippen LogP) is 2.73. The standard InChI is InChI=1S/C14H17N3OS/c1-9-4-5-11(14(18)15-3)6-12(9)16-7-13-10(2)17-8-19-13/h4-6,8,16H,7H2,1-3H3,(H,15,18). The van der Waals surface area contributed by atoms with Gasteiger partial charge in [0.1, 0.15) is 0 Å². The van der Waals surface area contributed by atoms with Gasteiger partial charge in [-0.15, -0.1) is 11.3 Å². The summed E-state index contributed by atoms with van der Waals surface area (Å²) in [6.07, 6.45) is 0. The molecule has 1 heterocycles. The molecule has 19 heavy (non-hydrogen) atoms. The summed E-state index contributed by atoms with van der Waals surface area (Å²) in [6.45, 7) is 4.76. The number of nitrogens with one attached hydrogen (secondary N) is 2. The van der Waals surface area contributed by atoms with Crippen LogP contribution < -0.4 is 10.6 Å². The van der Waals surface area contributed by atoms with Crippen LogP contribution in [0.1, 0.15) is 26.5 Å². The summed E-state index contributed by atoms with van der Waals surface area (Å²) in [4.78, 5) is 17.1. The third-order valence-electron chi connectivity index (χ3n) is 3.01. The maximum Gasteiger partial charge on any atom is 0.251 e. The Balaban J connectivity index is 2.15. The van der Waals surface area contributed by atoms with Gasteiger partial charge in [-0.3, -0.25) is 4.79 Å². The zero-order valence-electron chi connectivity index (χ0n) is 11.3. The molecule has 0 bridgehead atoms. The van der Waals surface area contributed by atoms with E-state index in [0.29, 0.717) is 5.56 Å². The Labute approximate surface area is 116 Å². The molecule has 0 spiro atoms. The third-order valence-corrected chi connectivity index (χ3v) is 3.95. The summed E-state index contributed by atoms with van der Waals surface area (Å²) in [7, 11) is 1.63. The quantitative estimate of drug-likeness (QED) is 0.902.